The molecular weight excluding hydrogens is 453 g/mol. The highest BCUT2D eigenvalue weighted by molar-refractivity contribution is 5.84. The number of nitrogens with one attached hydrogen (secondary N) is 1. The van der Waals surface area contributed by atoms with E-state index in [4.69, 9.17) is 14.2 Å². The first kappa shape index (κ1) is 24.3. The maximum atomic E-state index is 15.9. The van der Waals surface area contributed by atoms with Gasteiger partial charge in [0, 0.05) is 43.4 Å². The number of pyridine rings is 1. The molecule has 0 unspecified atom stereocenters. The van der Waals surface area contributed by atoms with Crippen LogP contribution in [-0.2, 0) is 20.9 Å². The number of carbonyl (C=O) groups is 1. The van der Waals surface area contributed by atoms with Gasteiger partial charge in [0.25, 0.3) is 6.43 Å². The summed E-state index contributed by atoms with van der Waals surface area (Å²) in [7, 11) is 0. The van der Waals surface area contributed by atoms with E-state index in [-0.39, 0.29) is 79.1 Å². The number of rotatable bonds is 10. The van der Waals surface area contributed by atoms with Gasteiger partial charge in [0.2, 0.25) is 0 Å². The molecule has 34 heavy (non-hydrogen) atoms. The highest BCUT2D eigenvalue weighted by Crippen LogP contribution is 2.41. The number of halogens is 3. The molecule has 1 aliphatic carbocycles. The molecule has 2 heterocycles. The van der Waals surface area contributed by atoms with E-state index in [1.165, 1.54) is 24.5 Å². The van der Waals surface area contributed by atoms with Gasteiger partial charge in [-0.2, -0.15) is 0 Å². The van der Waals surface area contributed by atoms with Crippen LogP contribution in [0.25, 0.3) is 11.1 Å². The number of nitrogens with zero attached hydrogens (tertiary/aromatic N) is 1. The van der Waals surface area contributed by atoms with Gasteiger partial charge >= 0.3 is 5.97 Å². The van der Waals surface area contributed by atoms with Gasteiger partial charge < -0.3 is 24.6 Å². The summed E-state index contributed by atoms with van der Waals surface area (Å²) in [5, 5.41) is 12.7. The van der Waals surface area contributed by atoms with E-state index in [9.17, 15) is 18.7 Å². The van der Waals surface area contributed by atoms with Crippen LogP contribution in [0.2, 0.25) is 0 Å². The van der Waals surface area contributed by atoms with Gasteiger partial charge in [0.15, 0.2) is 5.82 Å². The van der Waals surface area contributed by atoms with Gasteiger partial charge in [0.05, 0.1) is 36.8 Å². The number of alkyl halides is 2. The molecule has 2 fully saturated rings. The van der Waals surface area contributed by atoms with Crippen molar-refractivity contribution in [3.63, 3.8) is 0 Å². The van der Waals surface area contributed by atoms with Crippen molar-refractivity contribution in [1.29, 1.82) is 0 Å². The number of benzene rings is 1. The maximum absolute atomic E-state index is 15.9. The van der Waals surface area contributed by atoms with E-state index in [1.807, 2.05) is 0 Å². The summed E-state index contributed by atoms with van der Waals surface area (Å²) in [6, 6.07) is 2.86. The zero-order chi connectivity index (χ0) is 24.3. The van der Waals surface area contributed by atoms with Gasteiger partial charge in [-0.05, 0) is 31.4 Å². The Bertz CT molecular complexity index is 1040. The third-order valence-electron chi connectivity index (χ3n) is 6.12. The van der Waals surface area contributed by atoms with E-state index in [1.54, 1.807) is 6.92 Å². The molecule has 1 saturated heterocycles. The Morgan fingerprint density at radius 1 is 1.26 bits per heavy atom. The Morgan fingerprint density at radius 2 is 2.00 bits per heavy atom. The Hall–Kier alpha value is -2.85. The smallest absolute Gasteiger partial charge is 0.329 e. The van der Waals surface area contributed by atoms with Crippen LogP contribution in [0.3, 0.4) is 0 Å². The molecule has 0 atom stereocenters. The summed E-state index contributed by atoms with van der Waals surface area (Å²) in [6.07, 6.45) is 1.59. The molecule has 10 heteroatoms. The van der Waals surface area contributed by atoms with Crippen molar-refractivity contribution in [2.75, 3.05) is 25.1 Å². The summed E-state index contributed by atoms with van der Waals surface area (Å²) in [4.78, 5) is 16.1. The maximum Gasteiger partial charge on any atom is 0.329 e. The number of hydrogen-bond donors (Lipinski definition) is 2. The minimum atomic E-state index is -2.88. The van der Waals surface area contributed by atoms with E-state index < -0.39 is 23.8 Å². The fourth-order valence-electron chi connectivity index (χ4n) is 4.08. The zero-order valence-corrected chi connectivity index (χ0v) is 18.8. The average molecular weight is 480 g/mol. The number of hydrogen-bond acceptors (Lipinski definition) is 6. The third-order valence-corrected chi connectivity index (χ3v) is 6.12. The van der Waals surface area contributed by atoms with Crippen LogP contribution in [0.1, 0.15) is 50.2 Å². The SMILES string of the molecule is CCOc1cncc(-c2ccc(NC3(C(=O)O)CCOCC3)c(F)c2COC2CC2)c1C(F)F. The summed E-state index contributed by atoms with van der Waals surface area (Å²) >= 11 is 0. The van der Waals surface area contributed by atoms with E-state index in [2.05, 4.69) is 10.3 Å². The van der Waals surface area contributed by atoms with E-state index in [0.29, 0.717) is 0 Å². The standard InChI is InChI=1S/C24H27F3N2O5/c1-2-33-19-12-28-11-16(20(19)22(26)27)15-5-6-18(21(25)17(15)13-34-14-3-4-14)29-24(23(30)31)7-9-32-10-8-24/h5-6,11-12,14,22,29H,2-4,7-10,13H2,1H3,(H,30,31). The van der Waals surface area contributed by atoms with Gasteiger partial charge in [-0.15, -0.1) is 0 Å². The lowest BCUT2D eigenvalue weighted by atomic mass is 9.89. The van der Waals surface area contributed by atoms with Gasteiger partial charge in [-0.25, -0.2) is 18.0 Å². The fraction of sp³-hybridized carbons (Fsp3) is 0.500. The Balaban J connectivity index is 1.79. The predicted molar refractivity (Wildman–Crippen MR) is 118 cm³/mol. The summed E-state index contributed by atoms with van der Waals surface area (Å²) < 4.78 is 60.3. The molecule has 2 N–H and O–H groups in total. The highest BCUT2D eigenvalue weighted by atomic mass is 19.3. The number of ether oxygens (including phenoxy) is 3. The molecule has 2 aromatic rings. The van der Waals surface area contributed by atoms with Crippen LogP contribution >= 0.6 is 0 Å². The lowest BCUT2D eigenvalue weighted by molar-refractivity contribution is -0.145. The lowest BCUT2D eigenvalue weighted by Crippen LogP contribution is -2.50. The van der Waals surface area contributed by atoms with Crippen molar-refractivity contribution in [3.05, 3.63) is 41.5 Å². The molecule has 1 aliphatic heterocycles. The predicted octanol–water partition coefficient (Wildman–Crippen LogP) is 4.95. The second-order valence-electron chi connectivity index (χ2n) is 8.42. The summed E-state index contributed by atoms with van der Waals surface area (Å²) in [5.74, 6) is -1.92. The topological polar surface area (TPSA) is 89.9 Å². The molecule has 1 aromatic carbocycles. The van der Waals surface area contributed by atoms with Crippen LogP contribution in [0, 0.1) is 5.82 Å². The monoisotopic (exact) mass is 480 g/mol. The summed E-state index contributed by atoms with van der Waals surface area (Å²) in [5.41, 5.74) is -1.50. The lowest BCUT2D eigenvalue weighted by Gasteiger charge is -2.35. The van der Waals surface area contributed by atoms with Crippen molar-refractivity contribution >= 4 is 11.7 Å². The molecule has 1 saturated carbocycles. The molecule has 2 aliphatic rings. The summed E-state index contributed by atoms with van der Waals surface area (Å²) in [6.45, 7) is 2.15. The van der Waals surface area contributed by atoms with Crippen LogP contribution in [-0.4, -0.2) is 47.5 Å². The fourth-order valence-corrected chi connectivity index (χ4v) is 4.08. The van der Waals surface area contributed by atoms with Crippen LogP contribution in [0.4, 0.5) is 18.9 Å². The van der Waals surface area contributed by atoms with Crippen molar-refractivity contribution < 1.29 is 37.3 Å². The number of carboxylic acid groups (broad SMARTS) is 1. The van der Waals surface area contributed by atoms with E-state index in [0.717, 1.165) is 12.8 Å². The molecule has 4 rings (SSSR count). The van der Waals surface area contributed by atoms with Crippen molar-refractivity contribution in [3.8, 4) is 16.9 Å². The van der Waals surface area contributed by atoms with Crippen LogP contribution in [0.5, 0.6) is 5.75 Å². The van der Waals surface area contributed by atoms with Crippen LogP contribution < -0.4 is 10.1 Å². The minimum absolute atomic E-state index is 0.00725. The molecular formula is C24H27F3N2O5. The molecule has 0 bridgehead atoms. The number of aromatic nitrogens is 1. The molecule has 0 spiro atoms. The second kappa shape index (κ2) is 10.2. The normalized spacial score (nSPS) is 17.6. The minimum Gasteiger partial charge on any atom is -0.492 e. The van der Waals surface area contributed by atoms with Gasteiger partial charge in [0.1, 0.15) is 11.3 Å². The van der Waals surface area contributed by atoms with Gasteiger partial charge in [-0.1, -0.05) is 6.07 Å². The first-order chi connectivity index (χ1) is 16.4. The first-order valence-electron chi connectivity index (χ1n) is 11.3. The Kier molecular flexibility index (Phi) is 7.27. The first-order valence-corrected chi connectivity index (χ1v) is 11.3. The largest absolute Gasteiger partial charge is 0.492 e. The Labute approximate surface area is 195 Å². The van der Waals surface area contributed by atoms with Crippen LogP contribution in [0.15, 0.2) is 24.5 Å². The third kappa shape index (κ3) is 4.97. The average Bonchev–Trinajstić information content (AvgIpc) is 3.64. The molecule has 184 valence electrons. The quantitative estimate of drug-likeness (QED) is 0.497. The number of anilines is 1. The molecule has 0 amide bonds. The number of carboxylic acids is 1. The molecule has 0 radical (unpaired) electrons. The molecule has 1 aromatic heterocycles. The van der Waals surface area contributed by atoms with Crippen molar-refractivity contribution in [2.45, 2.75) is 57.3 Å². The van der Waals surface area contributed by atoms with E-state index >= 15 is 4.39 Å². The zero-order valence-electron chi connectivity index (χ0n) is 18.8. The molecule has 7 nitrogen and oxygen atoms in total. The van der Waals surface area contributed by atoms with Gasteiger partial charge in [-0.3, -0.25) is 4.98 Å². The Morgan fingerprint density at radius 3 is 2.62 bits per heavy atom. The van der Waals surface area contributed by atoms with Crippen molar-refractivity contribution in [2.24, 2.45) is 0 Å². The van der Waals surface area contributed by atoms with Crippen molar-refractivity contribution in [1.82, 2.24) is 4.98 Å². The number of aliphatic carboxylic acids is 1. The second-order valence-corrected chi connectivity index (χ2v) is 8.42. The highest BCUT2D eigenvalue weighted by Gasteiger charge is 2.41.